The van der Waals surface area contributed by atoms with E-state index in [1.807, 2.05) is 0 Å². The third-order valence-electron chi connectivity index (χ3n) is 9.97. The van der Waals surface area contributed by atoms with Crippen molar-refractivity contribution in [2.45, 2.75) is 110 Å². The molecule has 1 aliphatic carbocycles. The summed E-state index contributed by atoms with van der Waals surface area (Å²) in [6.07, 6.45) is 14.5. The fraction of sp³-hybridized carbons (Fsp3) is 0.657. The van der Waals surface area contributed by atoms with Crippen molar-refractivity contribution in [3.63, 3.8) is 0 Å². The maximum atomic E-state index is 6.12. The van der Waals surface area contributed by atoms with Crippen LogP contribution in [0.3, 0.4) is 0 Å². The summed E-state index contributed by atoms with van der Waals surface area (Å²) in [6.45, 7) is 12.5. The van der Waals surface area contributed by atoms with E-state index in [0.29, 0.717) is 11.8 Å². The van der Waals surface area contributed by atoms with Gasteiger partial charge in [-0.25, -0.2) is 0 Å². The molecule has 2 fully saturated rings. The zero-order chi connectivity index (χ0) is 28.7. The molecule has 41 heavy (non-hydrogen) atoms. The van der Waals surface area contributed by atoms with E-state index >= 15 is 0 Å². The quantitative estimate of drug-likeness (QED) is 0.226. The molecule has 5 rings (SSSR count). The molecule has 0 spiro atoms. The molecule has 3 aliphatic rings. The van der Waals surface area contributed by atoms with Crippen LogP contribution in [0.25, 0.3) is 11.1 Å². The van der Waals surface area contributed by atoms with Gasteiger partial charge in [-0.3, -0.25) is 0 Å². The standard InChI is InChI=1S/C35H52B2O4/c1-5-9-13-27(7-3)25-35(26-28(8-4)14-10-6-2)33-23-29(36-38-19-11-20-39-36)15-17-31(33)32-18-16-30(24-34(32)35)37-40-21-12-22-41-37/h15-18,23-24,27-28H,5-14,19-22,25-26H2,1-4H3. The van der Waals surface area contributed by atoms with E-state index in [9.17, 15) is 0 Å². The number of hydrogen-bond donors (Lipinski definition) is 0. The van der Waals surface area contributed by atoms with E-state index in [-0.39, 0.29) is 19.7 Å². The van der Waals surface area contributed by atoms with E-state index in [1.54, 1.807) is 0 Å². The van der Waals surface area contributed by atoms with Crippen LogP contribution in [0.15, 0.2) is 36.4 Å². The van der Waals surface area contributed by atoms with Gasteiger partial charge in [-0.05, 0) is 70.7 Å². The highest BCUT2D eigenvalue weighted by atomic mass is 16.6. The summed E-state index contributed by atoms with van der Waals surface area (Å²) in [6, 6.07) is 14.2. The Balaban J connectivity index is 1.65. The highest BCUT2D eigenvalue weighted by Crippen LogP contribution is 2.56. The molecule has 2 saturated heterocycles. The Morgan fingerprint density at radius 1 is 0.634 bits per heavy atom. The maximum Gasteiger partial charge on any atom is 0.493 e. The molecule has 0 radical (unpaired) electrons. The van der Waals surface area contributed by atoms with E-state index in [1.165, 1.54) is 97.4 Å². The summed E-state index contributed by atoms with van der Waals surface area (Å²) < 4.78 is 24.5. The lowest BCUT2D eigenvalue weighted by atomic mass is 9.63. The minimum Gasteiger partial charge on any atom is -0.407 e. The number of rotatable bonds is 14. The van der Waals surface area contributed by atoms with E-state index in [2.05, 4.69) is 64.1 Å². The van der Waals surface area contributed by atoms with Crippen LogP contribution >= 0.6 is 0 Å². The Bertz CT molecular complexity index is 1020. The summed E-state index contributed by atoms with van der Waals surface area (Å²) in [5, 5.41) is 0. The van der Waals surface area contributed by atoms with Crippen molar-refractivity contribution < 1.29 is 18.6 Å². The van der Waals surface area contributed by atoms with Crippen molar-refractivity contribution in [3.05, 3.63) is 47.5 Å². The molecule has 2 heterocycles. The Morgan fingerprint density at radius 3 is 1.41 bits per heavy atom. The van der Waals surface area contributed by atoms with Crippen molar-refractivity contribution in [2.24, 2.45) is 11.8 Å². The van der Waals surface area contributed by atoms with Gasteiger partial charge in [0.25, 0.3) is 0 Å². The van der Waals surface area contributed by atoms with Crippen molar-refractivity contribution in [1.82, 2.24) is 0 Å². The normalized spacial score (nSPS) is 19.6. The van der Waals surface area contributed by atoms with Crippen LogP contribution in [0, 0.1) is 11.8 Å². The second-order valence-electron chi connectivity index (χ2n) is 12.8. The molecule has 222 valence electrons. The molecule has 0 saturated carbocycles. The highest BCUT2D eigenvalue weighted by molar-refractivity contribution is 6.62. The molecule has 0 aromatic heterocycles. The topological polar surface area (TPSA) is 36.9 Å². The predicted octanol–water partition coefficient (Wildman–Crippen LogP) is 7.43. The van der Waals surface area contributed by atoms with Crippen molar-refractivity contribution in [1.29, 1.82) is 0 Å². The van der Waals surface area contributed by atoms with Gasteiger partial charge in [-0.2, -0.15) is 0 Å². The Labute approximate surface area is 250 Å². The molecule has 0 N–H and O–H groups in total. The van der Waals surface area contributed by atoms with Crippen LogP contribution in [-0.4, -0.2) is 40.7 Å². The molecule has 2 aromatic carbocycles. The van der Waals surface area contributed by atoms with Crippen molar-refractivity contribution in [2.75, 3.05) is 26.4 Å². The van der Waals surface area contributed by atoms with Crippen molar-refractivity contribution >= 4 is 25.2 Å². The number of benzene rings is 2. The van der Waals surface area contributed by atoms with Crippen LogP contribution in [-0.2, 0) is 24.0 Å². The van der Waals surface area contributed by atoms with Gasteiger partial charge in [-0.15, -0.1) is 0 Å². The predicted molar refractivity (Wildman–Crippen MR) is 172 cm³/mol. The molecule has 0 amide bonds. The van der Waals surface area contributed by atoms with Crippen molar-refractivity contribution in [3.8, 4) is 11.1 Å². The van der Waals surface area contributed by atoms with Crippen LogP contribution < -0.4 is 10.9 Å². The van der Waals surface area contributed by atoms with E-state index in [0.717, 1.165) is 39.3 Å². The van der Waals surface area contributed by atoms with E-state index < -0.39 is 0 Å². The van der Waals surface area contributed by atoms with Crippen LogP contribution in [0.4, 0.5) is 0 Å². The van der Waals surface area contributed by atoms with Gasteiger partial charge in [0.05, 0.1) is 0 Å². The lowest BCUT2D eigenvalue weighted by molar-refractivity contribution is 0.143. The fourth-order valence-corrected chi connectivity index (χ4v) is 7.58. The largest absolute Gasteiger partial charge is 0.493 e. The summed E-state index contributed by atoms with van der Waals surface area (Å²) in [5.74, 6) is 1.38. The summed E-state index contributed by atoms with van der Waals surface area (Å²) in [7, 11) is -0.529. The van der Waals surface area contributed by atoms with Gasteiger partial charge < -0.3 is 18.6 Å². The third-order valence-corrected chi connectivity index (χ3v) is 9.97. The zero-order valence-corrected chi connectivity index (χ0v) is 26.2. The second kappa shape index (κ2) is 14.7. The summed E-state index contributed by atoms with van der Waals surface area (Å²) in [4.78, 5) is 0. The average molecular weight is 558 g/mol. The van der Waals surface area contributed by atoms with Gasteiger partial charge in [0.2, 0.25) is 0 Å². The minimum absolute atomic E-state index is 0.0388. The van der Waals surface area contributed by atoms with Gasteiger partial charge in [0.15, 0.2) is 0 Å². The molecular formula is C35H52B2O4. The summed E-state index contributed by atoms with van der Waals surface area (Å²) >= 11 is 0. The minimum atomic E-state index is -0.265. The number of hydrogen-bond acceptors (Lipinski definition) is 4. The average Bonchev–Trinajstić information content (AvgIpc) is 3.30. The zero-order valence-electron chi connectivity index (χ0n) is 26.2. The first-order chi connectivity index (χ1) is 20.1. The first-order valence-corrected chi connectivity index (χ1v) is 16.9. The van der Waals surface area contributed by atoms with E-state index in [4.69, 9.17) is 18.6 Å². The molecule has 2 aromatic rings. The number of fused-ring (bicyclic) bond motifs is 3. The Morgan fingerprint density at radius 2 is 1.05 bits per heavy atom. The third kappa shape index (κ3) is 6.82. The lowest BCUT2D eigenvalue weighted by Gasteiger charge is -2.39. The monoisotopic (exact) mass is 558 g/mol. The molecule has 2 unspecified atom stereocenters. The van der Waals surface area contributed by atoms with Gasteiger partial charge in [0.1, 0.15) is 0 Å². The first kappa shape index (κ1) is 30.9. The second-order valence-corrected chi connectivity index (χ2v) is 12.8. The fourth-order valence-electron chi connectivity index (χ4n) is 7.58. The molecule has 0 bridgehead atoms. The molecule has 2 atom stereocenters. The Hall–Kier alpha value is -1.59. The van der Waals surface area contributed by atoms with Crippen LogP contribution in [0.5, 0.6) is 0 Å². The molecule has 2 aliphatic heterocycles. The number of unbranched alkanes of at least 4 members (excludes halogenated alkanes) is 2. The molecule has 4 nitrogen and oxygen atoms in total. The molecule has 6 heteroatoms. The summed E-state index contributed by atoms with van der Waals surface area (Å²) in [5.41, 5.74) is 8.08. The Kier molecular flexibility index (Phi) is 11.1. The van der Waals surface area contributed by atoms with Gasteiger partial charge in [0, 0.05) is 31.8 Å². The lowest BCUT2D eigenvalue weighted by Crippen LogP contribution is -2.42. The SMILES string of the molecule is CCCCC(CC)CC1(CC(CC)CCCC)c2cc(B3OCCCO3)ccc2-c2ccc(B3OCCCO3)cc21. The van der Waals surface area contributed by atoms with Gasteiger partial charge in [-0.1, -0.05) is 115 Å². The van der Waals surface area contributed by atoms with Gasteiger partial charge >= 0.3 is 14.2 Å². The highest BCUT2D eigenvalue weighted by Gasteiger charge is 2.46. The maximum absolute atomic E-state index is 6.12. The van der Waals surface area contributed by atoms with Crippen LogP contribution in [0.1, 0.15) is 116 Å². The van der Waals surface area contributed by atoms with Crippen LogP contribution in [0.2, 0.25) is 0 Å². The smallest absolute Gasteiger partial charge is 0.407 e. The molecular weight excluding hydrogens is 506 g/mol. The first-order valence-electron chi connectivity index (χ1n) is 16.9.